The first-order chi connectivity index (χ1) is 13.3. The maximum Gasteiger partial charge on any atom is 0.246 e. The second kappa shape index (κ2) is 8.72. The number of nitrogens with one attached hydrogen (secondary N) is 1. The van der Waals surface area contributed by atoms with Crippen LogP contribution in [0.15, 0.2) is 58.1 Å². The molecule has 1 aromatic carbocycles. The molecule has 1 aliphatic rings. The molecule has 150 valence electrons. The molecule has 1 aliphatic heterocycles. The molecule has 28 heavy (non-hydrogen) atoms. The molecule has 8 heteroatoms. The van der Waals surface area contributed by atoms with Crippen LogP contribution in [0, 0.1) is 0 Å². The van der Waals surface area contributed by atoms with Gasteiger partial charge in [-0.2, -0.15) is 0 Å². The van der Waals surface area contributed by atoms with E-state index < -0.39 is 10.0 Å². The predicted octanol–water partition coefficient (Wildman–Crippen LogP) is 2.41. The SMILES string of the molecule is CC1CN(C(=O)/C=C/c2ccc(S(=O)(=O)NCc3ccco3)cc2)CC(C)O1. The molecule has 0 spiro atoms. The third kappa shape index (κ3) is 5.31. The van der Waals surface area contributed by atoms with Crippen molar-refractivity contribution in [1.82, 2.24) is 9.62 Å². The molecule has 1 fully saturated rings. The first-order valence-corrected chi connectivity index (χ1v) is 10.6. The lowest BCUT2D eigenvalue weighted by Crippen LogP contribution is -2.47. The molecule has 3 rings (SSSR count). The summed E-state index contributed by atoms with van der Waals surface area (Å²) in [7, 11) is -3.64. The summed E-state index contributed by atoms with van der Waals surface area (Å²) in [5, 5.41) is 0. The van der Waals surface area contributed by atoms with Crippen molar-refractivity contribution in [2.24, 2.45) is 0 Å². The van der Waals surface area contributed by atoms with Crippen molar-refractivity contribution in [1.29, 1.82) is 0 Å². The van der Waals surface area contributed by atoms with Gasteiger partial charge in [-0.1, -0.05) is 12.1 Å². The van der Waals surface area contributed by atoms with E-state index in [9.17, 15) is 13.2 Å². The molecule has 2 heterocycles. The lowest BCUT2D eigenvalue weighted by molar-refractivity contribution is -0.137. The van der Waals surface area contributed by atoms with Crippen LogP contribution in [0.3, 0.4) is 0 Å². The number of hydrogen-bond donors (Lipinski definition) is 1. The lowest BCUT2D eigenvalue weighted by Gasteiger charge is -2.34. The van der Waals surface area contributed by atoms with Gasteiger partial charge >= 0.3 is 0 Å². The fraction of sp³-hybridized carbons (Fsp3) is 0.350. The third-order valence-electron chi connectivity index (χ3n) is 4.36. The molecule has 2 atom stereocenters. The van der Waals surface area contributed by atoms with Gasteiger partial charge in [0.05, 0.1) is 29.9 Å². The third-order valence-corrected chi connectivity index (χ3v) is 5.77. The van der Waals surface area contributed by atoms with Gasteiger partial charge in [-0.15, -0.1) is 0 Å². The fourth-order valence-corrected chi connectivity index (χ4v) is 4.04. The van der Waals surface area contributed by atoms with Crippen molar-refractivity contribution in [3.63, 3.8) is 0 Å². The number of hydrogen-bond acceptors (Lipinski definition) is 5. The summed E-state index contributed by atoms with van der Waals surface area (Å²) in [6.45, 7) is 5.09. The van der Waals surface area contributed by atoms with E-state index in [-0.39, 0.29) is 29.6 Å². The topological polar surface area (TPSA) is 88.9 Å². The highest BCUT2D eigenvalue weighted by Gasteiger charge is 2.24. The van der Waals surface area contributed by atoms with Gasteiger partial charge in [-0.3, -0.25) is 4.79 Å². The van der Waals surface area contributed by atoms with Crippen LogP contribution >= 0.6 is 0 Å². The summed E-state index contributed by atoms with van der Waals surface area (Å²) in [4.78, 5) is 14.3. The second-order valence-corrected chi connectivity index (χ2v) is 8.57. The van der Waals surface area contributed by atoms with Crippen LogP contribution in [-0.4, -0.2) is 44.5 Å². The Morgan fingerprint density at radius 2 is 1.86 bits per heavy atom. The first kappa shape index (κ1) is 20.3. The van der Waals surface area contributed by atoms with E-state index in [1.165, 1.54) is 24.5 Å². The number of amides is 1. The number of morpholine rings is 1. The van der Waals surface area contributed by atoms with Crippen molar-refractivity contribution in [2.75, 3.05) is 13.1 Å². The molecule has 0 saturated carbocycles. The Balaban J connectivity index is 1.60. The van der Waals surface area contributed by atoms with Crippen LogP contribution in [0.25, 0.3) is 6.08 Å². The smallest absolute Gasteiger partial charge is 0.246 e. The van der Waals surface area contributed by atoms with E-state index in [1.807, 2.05) is 13.8 Å². The quantitative estimate of drug-likeness (QED) is 0.747. The monoisotopic (exact) mass is 404 g/mol. The van der Waals surface area contributed by atoms with Crippen LogP contribution in [0.1, 0.15) is 25.2 Å². The Bertz CT molecular complexity index is 910. The summed E-state index contributed by atoms with van der Waals surface area (Å²) >= 11 is 0. The van der Waals surface area contributed by atoms with E-state index in [0.29, 0.717) is 18.8 Å². The standard InChI is InChI=1S/C20H24N2O5S/c1-15-13-22(14-16(2)27-15)20(23)10-7-17-5-8-19(9-6-17)28(24,25)21-12-18-4-3-11-26-18/h3-11,15-16,21H,12-14H2,1-2H3/b10-7+. The molecule has 0 bridgehead atoms. The van der Waals surface area contributed by atoms with Crippen LogP contribution in [0.5, 0.6) is 0 Å². The molecule has 1 aromatic heterocycles. The Labute approximate surface area is 165 Å². The highest BCUT2D eigenvalue weighted by atomic mass is 32.2. The van der Waals surface area contributed by atoms with Crippen molar-refractivity contribution >= 4 is 22.0 Å². The number of carbonyl (C=O) groups is 1. The van der Waals surface area contributed by atoms with Crippen molar-refractivity contribution in [2.45, 2.75) is 37.5 Å². The highest BCUT2D eigenvalue weighted by molar-refractivity contribution is 7.89. The zero-order valence-corrected chi connectivity index (χ0v) is 16.7. The molecular weight excluding hydrogens is 380 g/mol. The Hall–Kier alpha value is -2.42. The number of benzene rings is 1. The molecule has 0 aliphatic carbocycles. The molecule has 1 amide bonds. The van der Waals surface area contributed by atoms with E-state index in [1.54, 1.807) is 35.2 Å². The van der Waals surface area contributed by atoms with Crippen molar-refractivity contribution in [3.05, 3.63) is 60.1 Å². The molecule has 0 radical (unpaired) electrons. The maximum absolute atomic E-state index is 12.4. The summed E-state index contributed by atoms with van der Waals surface area (Å²) in [6, 6.07) is 9.74. The molecule has 7 nitrogen and oxygen atoms in total. The fourth-order valence-electron chi connectivity index (χ4n) is 3.05. The van der Waals surface area contributed by atoms with Crippen molar-refractivity contribution < 1.29 is 22.4 Å². The van der Waals surface area contributed by atoms with Crippen LogP contribution in [-0.2, 0) is 26.1 Å². The predicted molar refractivity (Wildman–Crippen MR) is 105 cm³/mol. The van der Waals surface area contributed by atoms with E-state index >= 15 is 0 Å². The summed E-state index contributed by atoms with van der Waals surface area (Å²) < 4.78 is 37.9. The maximum atomic E-state index is 12.4. The zero-order valence-electron chi connectivity index (χ0n) is 15.9. The highest BCUT2D eigenvalue weighted by Crippen LogP contribution is 2.14. The Morgan fingerprint density at radius 3 is 2.46 bits per heavy atom. The number of nitrogens with zero attached hydrogens (tertiary/aromatic N) is 1. The molecule has 2 aromatic rings. The van der Waals surface area contributed by atoms with Gasteiger partial charge in [0.15, 0.2) is 0 Å². The first-order valence-electron chi connectivity index (χ1n) is 9.08. The van der Waals surface area contributed by atoms with Gasteiger partial charge in [-0.25, -0.2) is 13.1 Å². The Morgan fingerprint density at radius 1 is 1.18 bits per heavy atom. The molecule has 2 unspecified atom stereocenters. The van der Waals surface area contributed by atoms with Gasteiger partial charge in [0.25, 0.3) is 0 Å². The van der Waals surface area contributed by atoms with Gasteiger partial charge < -0.3 is 14.1 Å². The van der Waals surface area contributed by atoms with Crippen LogP contribution in [0.4, 0.5) is 0 Å². The largest absolute Gasteiger partial charge is 0.468 e. The number of sulfonamides is 1. The average Bonchev–Trinajstić information content (AvgIpc) is 3.18. The second-order valence-electron chi connectivity index (χ2n) is 6.81. The number of ether oxygens (including phenoxy) is 1. The van der Waals surface area contributed by atoms with E-state index in [0.717, 1.165) is 5.56 Å². The average molecular weight is 404 g/mol. The minimum absolute atomic E-state index is 0.0132. The zero-order chi connectivity index (χ0) is 20.1. The van der Waals surface area contributed by atoms with Gasteiger partial charge in [-0.05, 0) is 49.8 Å². The van der Waals surface area contributed by atoms with Crippen LogP contribution in [0.2, 0.25) is 0 Å². The molecular formula is C20H24N2O5S. The minimum Gasteiger partial charge on any atom is -0.468 e. The molecule has 1 N–H and O–H groups in total. The number of carbonyl (C=O) groups excluding carboxylic acids is 1. The minimum atomic E-state index is -3.64. The Kier molecular flexibility index (Phi) is 6.33. The van der Waals surface area contributed by atoms with Crippen molar-refractivity contribution in [3.8, 4) is 0 Å². The van der Waals surface area contributed by atoms with Gasteiger partial charge in [0, 0.05) is 19.2 Å². The molecule has 1 saturated heterocycles. The summed E-state index contributed by atoms with van der Waals surface area (Å²) in [5.74, 6) is 0.451. The summed E-state index contributed by atoms with van der Waals surface area (Å²) in [6.07, 6.45) is 4.70. The number of furan rings is 1. The van der Waals surface area contributed by atoms with E-state index in [2.05, 4.69) is 4.72 Å². The van der Waals surface area contributed by atoms with Gasteiger partial charge in [0.2, 0.25) is 15.9 Å². The van der Waals surface area contributed by atoms with Crippen LogP contribution < -0.4 is 4.72 Å². The van der Waals surface area contributed by atoms with E-state index in [4.69, 9.17) is 9.15 Å². The van der Waals surface area contributed by atoms with Gasteiger partial charge in [0.1, 0.15) is 5.76 Å². The normalized spacial score (nSPS) is 20.6. The number of rotatable bonds is 6. The summed E-state index contributed by atoms with van der Waals surface area (Å²) in [5.41, 5.74) is 0.743. The lowest BCUT2D eigenvalue weighted by atomic mass is 10.2.